The number of aliphatic hydroxyl groups excluding tert-OH is 3. The van der Waals surface area contributed by atoms with Gasteiger partial charge in [0.25, 0.3) is 0 Å². The van der Waals surface area contributed by atoms with Gasteiger partial charge in [-0.3, -0.25) is 0 Å². The van der Waals surface area contributed by atoms with Crippen LogP contribution in [0.15, 0.2) is 16.6 Å². The third-order valence-corrected chi connectivity index (χ3v) is 2.77. The molecule has 102 valence electrons. The van der Waals surface area contributed by atoms with Crippen molar-refractivity contribution in [2.45, 2.75) is 19.6 Å². The van der Waals surface area contributed by atoms with Crippen LogP contribution in [0.1, 0.15) is 12.5 Å². The molecule has 5 nitrogen and oxygen atoms in total. The lowest BCUT2D eigenvalue weighted by atomic mass is 10.2. The Kier molecular flexibility index (Phi) is 6.42. The zero-order chi connectivity index (χ0) is 13.5. The standard InChI is InChI=1S/C12H17BrO5/c1-2-17-11-4-8(5-14)3-10(13)12(11)18-7-9(16)6-15/h3-4,9,14-16H,2,5-7H2,1H3. The van der Waals surface area contributed by atoms with Crippen molar-refractivity contribution >= 4 is 15.9 Å². The SMILES string of the molecule is CCOc1cc(CO)cc(Br)c1OCC(O)CO. The third-order valence-electron chi connectivity index (χ3n) is 2.18. The molecule has 0 saturated heterocycles. The molecule has 18 heavy (non-hydrogen) atoms. The van der Waals surface area contributed by atoms with Crippen LogP contribution in [-0.2, 0) is 6.61 Å². The first-order chi connectivity index (χ1) is 8.62. The number of halogens is 1. The van der Waals surface area contributed by atoms with E-state index >= 15 is 0 Å². The summed E-state index contributed by atoms with van der Waals surface area (Å²) in [6.45, 7) is 1.80. The highest BCUT2D eigenvalue weighted by Crippen LogP contribution is 2.37. The van der Waals surface area contributed by atoms with Gasteiger partial charge in [0, 0.05) is 0 Å². The number of hydrogen-bond acceptors (Lipinski definition) is 5. The smallest absolute Gasteiger partial charge is 0.175 e. The van der Waals surface area contributed by atoms with E-state index in [1.807, 2.05) is 6.92 Å². The molecule has 1 rings (SSSR count). The second kappa shape index (κ2) is 7.58. The highest BCUT2D eigenvalue weighted by molar-refractivity contribution is 9.10. The van der Waals surface area contributed by atoms with Gasteiger partial charge in [-0.1, -0.05) is 0 Å². The minimum Gasteiger partial charge on any atom is -0.490 e. The molecule has 6 heteroatoms. The maximum absolute atomic E-state index is 9.26. The zero-order valence-corrected chi connectivity index (χ0v) is 11.7. The lowest BCUT2D eigenvalue weighted by molar-refractivity contribution is 0.0522. The molecule has 0 saturated carbocycles. The van der Waals surface area contributed by atoms with Crippen molar-refractivity contribution in [2.75, 3.05) is 19.8 Å². The monoisotopic (exact) mass is 320 g/mol. The molecule has 0 aliphatic rings. The molecule has 0 heterocycles. The molecule has 3 N–H and O–H groups in total. The molecule has 0 radical (unpaired) electrons. The summed E-state index contributed by atoms with van der Waals surface area (Å²) in [6.07, 6.45) is -0.941. The molecule has 0 aromatic heterocycles. The number of benzene rings is 1. The van der Waals surface area contributed by atoms with E-state index in [-0.39, 0.29) is 19.8 Å². The van der Waals surface area contributed by atoms with Crippen LogP contribution in [-0.4, -0.2) is 41.2 Å². The van der Waals surface area contributed by atoms with Crippen molar-refractivity contribution in [1.82, 2.24) is 0 Å². The van der Waals surface area contributed by atoms with Gasteiger partial charge in [0.15, 0.2) is 11.5 Å². The average Bonchev–Trinajstić information content (AvgIpc) is 2.37. The van der Waals surface area contributed by atoms with Crippen LogP contribution in [0.4, 0.5) is 0 Å². The van der Waals surface area contributed by atoms with Crippen molar-refractivity contribution in [3.63, 3.8) is 0 Å². The van der Waals surface area contributed by atoms with Gasteiger partial charge in [0.05, 0.1) is 24.3 Å². The topological polar surface area (TPSA) is 79.2 Å². The van der Waals surface area contributed by atoms with E-state index in [9.17, 15) is 5.11 Å². The summed E-state index contributed by atoms with van der Waals surface area (Å²) in [7, 11) is 0. The van der Waals surface area contributed by atoms with E-state index in [0.29, 0.717) is 28.1 Å². The average molecular weight is 321 g/mol. The summed E-state index contributed by atoms with van der Waals surface area (Å²) < 4.78 is 11.5. The molecule has 0 fully saturated rings. The van der Waals surface area contributed by atoms with Crippen molar-refractivity contribution in [3.8, 4) is 11.5 Å². The Morgan fingerprint density at radius 2 is 2.00 bits per heavy atom. The van der Waals surface area contributed by atoms with Crippen LogP contribution < -0.4 is 9.47 Å². The Morgan fingerprint density at radius 3 is 2.56 bits per heavy atom. The molecule has 1 atom stereocenters. The second-order valence-corrected chi connectivity index (χ2v) is 4.50. The summed E-state index contributed by atoms with van der Waals surface area (Å²) in [4.78, 5) is 0. The summed E-state index contributed by atoms with van der Waals surface area (Å²) in [5.41, 5.74) is 0.695. The summed E-state index contributed by atoms with van der Waals surface area (Å²) in [5, 5.41) is 27.1. The van der Waals surface area contributed by atoms with Crippen LogP contribution in [0.2, 0.25) is 0 Å². The molecular formula is C12H17BrO5. The van der Waals surface area contributed by atoms with Gasteiger partial charge in [0.2, 0.25) is 0 Å². The van der Waals surface area contributed by atoms with E-state index < -0.39 is 6.10 Å². The van der Waals surface area contributed by atoms with E-state index in [1.165, 1.54) is 0 Å². The maximum Gasteiger partial charge on any atom is 0.175 e. The number of ether oxygens (including phenoxy) is 2. The highest BCUT2D eigenvalue weighted by Gasteiger charge is 2.13. The van der Waals surface area contributed by atoms with Gasteiger partial charge in [0.1, 0.15) is 12.7 Å². The molecule has 0 spiro atoms. The molecule has 1 unspecified atom stereocenters. The molecule has 0 amide bonds. The maximum atomic E-state index is 9.26. The first kappa shape index (κ1) is 15.2. The Balaban J connectivity index is 2.92. The quantitative estimate of drug-likeness (QED) is 0.700. The van der Waals surface area contributed by atoms with Crippen molar-refractivity contribution < 1.29 is 24.8 Å². The van der Waals surface area contributed by atoms with Crippen molar-refractivity contribution in [1.29, 1.82) is 0 Å². The number of rotatable bonds is 7. The summed E-state index contributed by atoms with van der Waals surface area (Å²) >= 11 is 3.32. The normalized spacial score (nSPS) is 12.3. The largest absolute Gasteiger partial charge is 0.490 e. The van der Waals surface area contributed by atoms with Crippen LogP contribution in [0.25, 0.3) is 0 Å². The molecule has 1 aromatic carbocycles. The molecule has 0 aliphatic carbocycles. The van der Waals surface area contributed by atoms with Crippen LogP contribution in [0.3, 0.4) is 0 Å². The lowest BCUT2D eigenvalue weighted by Crippen LogP contribution is -2.21. The van der Waals surface area contributed by atoms with Crippen molar-refractivity contribution in [3.05, 3.63) is 22.2 Å². The third kappa shape index (κ3) is 4.13. The fraction of sp³-hybridized carbons (Fsp3) is 0.500. The fourth-order valence-electron chi connectivity index (χ4n) is 1.35. The van der Waals surface area contributed by atoms with Crippen molar-refractivity contribution in [2.24, 2.45) is 0 Å². The number of hydrogen-bond donors (Lipinski definition) is 3. The van der Waals surface area contributed by atoms with Crippen LogP contribution in [0, 0.1) is 0 Å². The first-order valence-corrected chi connectivity index (χ1v) is 6.39. The number of aliphatic hydroxyl groups is 3. The minimum atomic E-state index is -0.941. The van der Waals surface area contributed by atoms with Gasteiger partial charge in [-0.25, -0.2) is 0 Å². The van der Waals surface area contributed by atoms with E-state index in [1.54, 1.807) is 12.1 Å². The molecular weight excluding hydrogens is 304 g/mol. The van der Waals surface area contributed by atoms with Gasteiger partial charge in [-0.2, -0.15) is 0 Å². The van der Waals surface area contributed by atoms with Crippen LogP contribution >= 0.6 is 15.9 Å². The Bertz CT molecular complexity index is 383. The predicted octanol–water partition coefficient (Wildman–Crippen LogP) is 1.07. The van der Waals surface area contributed by atoms with E-state index in [2.05, 4.69) is 15.9 Å². The van der Waals surface area contributed by atoms with Gasteiger partial charge in [-0.15, -0.1) is 0 Å². The molecule has 1 aromatic rings. The van der Waals surface area contributed by atoms with Crippen LogP contribution in [0.5, 0.6) is 11.5 Å². The van der Waals surface area contributed by atoms with E-state index in [4.69, 9.17) is 19.7 Å². The Hall–Kier alpha value is -0.820. The second-order valence-electron chi connectivity index (χ2n) is 3.64. The first-order valence-electron chi connectivity index (χ1n) is 5.60. The van der Waals surface area contributed by atoms with E-state index in [0.717, 1.165) is 0 Å². The fourth-order valence-corrected chi connectivity index (χ4v) is 1.95. The summed E-state index contributed by atoms with van der Waals surface area (Å²) in [5.74, 6) is 0.933. The lowest BCUT2D eigenvalue weighted by Gasteiger charge is -2.16. The predicted molar refractivity (Wildman–Crippen MR) is 69.8 cm³/mol. The molecule has 0 bridgehead atoms. The van der Waals surface area contributed by atoms with Gasteiger partial charge >= 0.3 is 0 Å². The highest BCUT2D eigenvalue weighted by atomic mass is 79.9. The molecule has 0 aliphatic heterocycles. The summed E-state index contributed by atoms with van der Waals surface area (Å²) in [6, 6.07) is 3.39. The Labute approximate surface area is 114 Å². The van der Waals surface area contributed by atoms with Gasteiger partial charge < -0.3 is 24.8 Å². The minimum absolute atomic E-state index is 0.0341. The van der Waals surface area contributed by atoms with Gasteiger partial charge in [-0.05, 0) is 40.5 Å². The Morgan fingerprint density at radius 1 is 1.28 bits per heavy atom. The zero-order valence-electron chi connectivity index (χ0n) is 10.1.